The maximum absolute atomic E-state index is 11.2. The van der Waals surface area contributed by atoms with Gasteiger partial charge in [0, 0.05) is 19.4 Å². The lowest BCUT2D eigenvalue weighted by atomic mass is 10.1. The van der Waals surface area contributed by atoms with Gasteiger partial charge >= 0.3 is 5.97 Å². The number of aryl methyl sites for hydroxylation is 1. The van der Waals surface area contributed by atoms with E-state index < -0.39 is 12.0 Å². The topological polar surface area (TPSA) is 110 Å². The van der Waals surface area contributed by atoms with E-state index in [1.807, 2.05) is 0 Å². The summed E-state index contributed by atoms with van der Waals surface area (Å²) in [6.45, 7) is 1.71. The highest BCUT2D eigenvalue weighted by atomic mass is 16.4. The van der Waals surface area contributed by atoms with Crippen LogP contribution in [0.3, 0.4) is 0 Å². The molecule has 0 aliphatic rings. The Hall–Kier alpha value is -2.44. The zero-order chi connectivity index (χ0) is 15.8. The number of carboxylic acid groups (broad SMARTS) is 1. The van der Waals surface area contributed by atoms with Crippen molar-refractivity contribution in [1.29, 1.82) is 0 Å². The number of carbonyl (C=O) groups is 3. The van der Waals surface area contributed by atoms with Crippen molar-refractivity contribution in [2.75, 3.05) is 0 Å². The normalized spacial score (nSPS) is 11.7. The van der Waals surface area contributed by atoms with E-state index in [1.54, 1.807) is 4.57 Å². The minimum absolute atomic E-state index is 0.192. The fourth-order valence-corrected chi connectivity index (χ4v) is 1.97. The van der Waals surface area contributed by atoms with Crippen molar-refractivity contribution >= 4 is 18.2 Å². The molecule has 1 unspecified atom stereocenters. The van der Waals surface area contributed by atoms with Crippen molar-refractivity contribution in [2.45, 2.75) is 38.8 Å². The van der Waals surface area contributed by atoms with Gasteiger partial charge in [-0.1, -0.05) is 6.07 Å². The molecule has 0 bridgehead atoms. The Morgan fingerprint density at radius 1 is 1.43 bits per heavy atom. The van der Waals surface area contributed by atoms with Crippen LogP contribution < -0.4 is 15.0 Å². The maximum atomic E-state index is 11.2. The third-order valence-electron chi connectivity index (χ3n) is 2.97. The van der Waals surface area contributed by atoms with Crippen LogP contribution in [0.25, 0.3) is 0 Å². The highest BCUT2D eigenvalue weighted by Crippen LogP contribution is 2.04. The molecule has 0 aromatic carbocycles. The van der Waals surface area contributed by atoms with Gasteiger partial charge in [-0.3, -0.25) is 9.59 Å². The molecule has 0 saturated carbocycles. The molecule has 0 aliphatic carbocycles. The number of hydrogen-bond acceptors (Lipinski definition) is 4. The van der Waals surface area contributed by atoms with E-state index in [2.05, 4.69) is 5.32 Å². The summed E-state index contributed by atoms with van der Waals surface area (Å²) in [5.74, 6) is -1.66. The second-order valence-corrected chi connectivity index (χ2v) is 4.69. The molecular formula is C14H18N2O5. The lowest BCUT2D eigenvalue weighted by molar-refractivity contribution is -0.700. The molecule has 1 heterocycles. The van der Waals surface area contributed by atoms with E-state index in [9.17, 15) is 19.5 Å². The van der Waals surface area contributed by atoms with Crippen LogP contribution in [0.5, 0.6) is 5.75 Å². The number of nitrogens with one attached hydrogen (secondary N) is 1. The number of aldehydes is 1. The molecule has 7 nitrogen and oxygen atoms in total. The molecule has 1 aromatic heterocycles. The van der Waals surface area contributed by atoms with Gasteiger partial charge in [0.1, 0.15) is 12.6 Å². The molecule has 1 amide bonds. The van der Waals surface area contributed by atoms with Crippen molar-refractivity contribution in [3.8, 4) is 5.75 Å². The predicted molar refractivity (Wildman–Crippen MR) is 70.6 cm³/mol. The number of aromatic nitrogens is 1. The average Bonchev–Trinajstić information content (AvgIpc) is 2.41. The number of pyridine rings is 1. The van der Waals surface area contributed by atoms with E-state index in [-0.39, 0.29) is 11.7 Å². The summed E-state index contributed by atoms with van der Waals surface area (Å²) >= 11 is 0. The number of rotatable bonds is 8. The first-order valence-electron chi connectivity index (χ1n) is 6.59. The zero-order valence-corrected chi connectivity index (χ0v) is 11.7. The van der Waals surface area contributed by atoms with Gasteiger partial charge in [-0.25, -0.2) is 4.79 Å². The first-order chi connectivity index (χ1) is 9.93. The maximum Gasteiger partial charge on any atom is 0.326 e. The summed E-state index contributed by atoms with van der Waals surface area (Å²) in [4.78, 5) is 32.7. The molecule has 21 heavy (non-hydrogen) atoms. The van der Waals surface area contributed by atoms with E-state index in [1.165, 1.54) is 25.3 Å². The SMILES string of the molecule is CC(=O)NC(CCCC[n+]1cc([O-])ccc1C=O)C(=O)O. The van der Waals surface area contributed by atoms with Gasteiger partial charge in [0.05, 0.1) is 0 Å². The summed E-state index contributed by atoms with van der Waals surface area (Å²) in [6.07, 6.45) is 3.44. The van der Waals surface area contributed by atoms with Crippen LogP contribution >= 0.6 is 0 Å². The Labute approximate surface area is 122 Å². The van der Waals surface area contributed by atoms with Crippen LogP contribution in [-0.2, 0) is 16.1 Å². The van der Waals surface area contributed by atoms with Gasteiger partial charge in [-0.15, -0.1) is 0 Å². The molecular weight excluding hydrogens is 276 g/mol. The minimum Gasteiger partial charge on any atom is -0.868 e. The Morgan fingerprint density at radius 2 is 2.14 bits per heavy atom. The monoisotopic (exact) mass is 294 g/mol. The Bertz CT molecular complexity index is 530. The lowest BCUT2D eigenvalue weighted by Crippen LogP contribution is -2.40. The summed E-state index contributed by atoms with van der Waals surface area (Å²) in [5, 5.41) is 22.6. The molecule has 1 aromatic rings. The molecule has 7 heteroatoms. The van der Waals surface area contributed by atoms with Crippen LogP contribution in [0.4, 0.5) is 0 Å². The first-order valence-corrected chi connectivity index (χ1v) is 6.59. The molecule has 0 radical (unpaired) electrons. The van der Waals surface area contributed by atoms with Gasteiger partial charge in [0.25, 0.3) is 0 Å². The van der Waals surface area contributed by atoms with Gasteiger partial charge < -0.3 is 15.5 Å². The summed E-state index contributed by atoms with van der Waals surface area (Å²) < 4.78 is 1.55. The summed E-state index contributed by atoms with van der Waals surface area (Å²) in [6, 6.07) is 1.85. The molecule has 0 aliphatic heterocycles. The molecule has 1 atom stereocenters. The van der Waals surface area contributed by atoms with Gasteiger partial charge in [0.2, 0.25) is 17.9 Å². The number of hydrogen-bond donors (Lipinski definition) is 2. The quantitative estimate of drug-likeness (QED) is 0.386. The standard InChI is InChI=1S/C14H18N2O5/c1-10(18)15-13(14(20)21)4-2-3-7-16-8-12(19)6-5-11(16)9-17/h5-6,8-9,13H,2-4,7H2,1H3,(H2-,15,17,18,19,20,21). The zero-order valence-electron chi connectivity index (χ0n) is 11.7. The highest BCUT2D eigenvalue weighted by Gasteiger charge is 2.18. The second-order valence-electron chi connectivity index (χ2n) is 4.69. The molecule has 1 rings (SSSR count). The highest BCUT2D eigenvalue weighted by molar-refractivity contribution is 5.81. The second kappa shape index (κ2) is 7.98. The Balaban J connectivity index is 2.49. The number of nitrogens with zero attached hydrogens (tertiary/aromatic N) is 1. The van der Waals surface area contributed by atoms with Gasteiger partial charge in [-0.2, -0.15) is 4.57 Å². The molecule has 114 valence electrons. The predicted octanol–water partition coefficient (Wildman–Crippen LogP) is -0.380. The van der Waals surface area contributed by atoms with Gasteiger partial charge in [0.15, 0.2) is 6.20 Å². The number of carbonyl (C=O) groups excluding carboxylic acids is 2. The first kappa shape index (κ1) is 16.6. The van der Waals surface area contributed by atoms with E-state index in [4.69, 9.17) is 5.11 Å². The molecule has 0 spiro atoms. The summed E-state index contributed by atoms with van der Waals surface area (Å²) in [5.41, 5.74) is 0.395. The van der Waals surface area contributed by atoms with Crippen LogP contribution in [0, 0.1) is 0 Å². The van der Waals surface area contributed by atoms with Crippen molar-refractivity contribution in [2.24, 2.45) is 0 Å². The van der Waals surface area contributed by atoms with Crippen molar-refractivity contribution in [3.63, 3.8) is 0 Å². The van der Waals surface area contributed by atoms with Gasteiger partial charge in [-0.05, 0) is 18.6 Å². The molecule has 0 saturated heterocycles. The fourth-order valence-electron chi connectivity index (χ4n) is 1.97. The van der Waals surface area contributed by atoms with Crippen LogP contribution in [-0.4, -0.2) is 29.3 Å². The van der Waals surface area contributed by atoms with Crippen LogP contribution in [0.2, 0.25) is 0 Å². The van der Waals surface area contributed by atoms with Crippen molar-refractivity contribution < 1.29 is 29.2 Å². The smallest absolute Gasteiger partial charge is 0.326 e. The van der Waals surface area contributed by atoms with E-state index in [0.717, 1.165) is 0 Å². The number of carboxylic acids is 1. The third-order valence-corrected chi connectivity index (χ3v) is 2.97. The Kier molecular flexibility index (Phi) is 6.32. The lowest BCUT2D eigenvalue weighted by Gasteiger charge is -2.12. The third kappa shape index (κ3) is 5.60. The number of unbranched alkanes of at least 4 members (excludes halogenated alkanes) is 1. The summed E-state index contributed by atoms with van der Waals surface area (Å²) in [7, 11) is 0. The van der Waals surface area contributed by atoms with Crippen molar-refractivity contribution in [1.82, 2.24) is 5.32 Å². The number of amides is 1. The van der Waals surface area contributed by atoms with Crippen LogP contribution in [0.15, 0.2) is 18.3 Å². The minimum atomic E-state index is -1.08. The van der Waals surface area contributed by atoms with Crippen LogP contribution in [0.1, 0.15) is 36.7 Å². The van der Waals surface area contributed by atoms with E-state index >= 15 is 0 Å². The largest absolute Gasteiger partial charge is 0.868 e. The number of aliphatic carboxylic acids is 1. The Morgan fingerprint density at radius 3 is 2.71 bits per heavy atom. The fraction of sp³-hybridized carbons (Fsp3) is 0.429. The average molecular weight is 294 g/mol. The molecule has 2 N–H and O–H groups in total. The van der Waals surface area contributed by atoms with E-state index in [0.29, 0.717) is 37.8 Å². The van der Waals surface area contributed by atoms with Crippen molar-refractivity contribution in [3.05, 3.63) is 24.0 Å². The molecule has 0 fully saturated rings.